The van der Waals surface area contributed by atoms with Crippen LogP contribution < -0.4 is 5.32 Å². The second-order valence-electron chi connectivity index (χ2n) is 5.60. The lowest BCUT2D eigenvalue weighted by atomic mass is 9.93. The molecule has 2 aliphatic heterocycles. The van der Waals surface area contributed by atoms with Crippen molar-refractivity contribution in [1.82, 2.24) is 10.2 Å². The maximum Gasteiger partial charge on any atom is 0.153 e. The van der Waals surface area contributed by atoms with E-state index in [4.69, 9.17) is 0 Å². The van der Waals surface area contributed by atoms with Gasteiger partial charge in [-0.15, -0.1) is 0 Å². The minimum absolute atomic E-state index is 0.166. The van der Waals surface area contributed by atoms with Crippen LogP contribution in [0.15, 0.2) is 0 Å². The molecule has 100 valence electrons. The molecule has 1 N–H and O–H groups in total. The van der Waals surface area contributed by atoms with E-state index in [1.54, 1.807) is 0 Å². The summed E-state index contributed by atoms with van der Waals surface area (Å²) in [6.45, 7) is 7.07. The third-order valence-corrected chi connectivity index (χ3v) is 6.12. The fourth-order valence-corrected chi connectivity index (χ4v) is 4.70. The zero-order valence-corrected chi connectivity index (χ0v) is 11.7. The van der Waals surface area contributed by atoms with Crippen molar-refractivity contribution in [3.05, 3.63) is 0 Å². The Morgan fingerprint density at radius 1 is 1.47 bits per heavy atom. The van der Waals surface area contributed by atoms with Gasteiger partial charge in [-0.1, -0.05) is 6.92 Å². The van der Waals surface area contributed by atoms with Crippen LogP contribution in [-0.2, 0) is 9.84 Å². The summed E-state index contributed by atoms with van der Waals surface area (Å²) in [7, 11) is -2.79. The second kappa shape index (κ2) is 4.86. The summed E-state index contributed by atoms with van der Waals surface area (Å²) in [4.78, 5) is 2.35. The summed E-state index contributed by atoms with van der Waals surface area (Å²) >= 11 is 0. The zero-order valence-electron chi connectivity index (χ0n) is 10.9. The highest BCUT2D eigenvalue weighted by molar-refractivity contribution is 7.91. The lowest BCUT2D eigenvalue weighted by molar-refractivity contribution is 0.158. The molecular weight excluding hydrogens is 236 g/mol. The van der Waals surface area contributed by atoms with Crippen molar-refractivity contribution in [2.75, 3.05) is 31.1 Å². The summed E-state index contributed by atoms with van der Waals surface area (Å²) in [6, 6.07) is 0.166. The van der Waals surface area contributed by atoms with Crippen molar-refractivity contribution in [2.45, 2.75) is 44.7 Å². The molecule has 2 heterocycles. The lowest BCUT2D eigenvalue weighted by Gasteiger charge is -2.40. The maximum atomic E-state index is 11.6. The van der Waals surface area contributed by atoms with Crippen molar-refractivity contribution in [1.29, 1.82) is 0 Å². The predicted octanol–water partition coefficient (Wildman–Crippen LogP) is 0.638. The Kier molecular flexibility index (Phi) is 3.80. The van der Waals surface area contributed by atoms with Gasteiger partial charge in [0.2, 0.25) is 0 Å². The molecular formula is C12H24N2O2S. The van der Waals surface area contributed by atoms with Gasteiger partial charge in [-0.3, -0.25) is 4.90 Å². The molecule has 2 saturated heterocycles. The SMILES string of the molecule is CCC1(CN2CCS(=O)(=O)CC2C)CCCN1. The first kappa shape index (κ1) is 13.3. The van der Waals surface area contributed by atoms with Crippen molar-refractivity contribution in [3.63, 3.8) is 0 Å². The van der Waals surface area contributed by atoms with Crippen LogP contribution in [0.1, 0.15) is 33.1 Å². The van der Waals surface area contributed by atoms with E-state index in [1.807, 2.05) is 6.92 Å². The van der Waals surface area contributed by atoms with Crippen LogP contribution in [0.3, 0.4) is 0 Å². The van der Waals surface area contributed by atoms with E-state index < -0.39 is 9.84 Å². The van der Waals surface area contributed by atoms with Crippen LogP contribution >= 0.6 is 0 Å². The second-order valence-corrected chi connectivity index (χ2v) is 7.83. The highest BCUT2D eigenvalue weighted by atomic mass is 32.2. The first-order valence-electron chi connectivity index (χ1n) is 6.66. The number of hydrogen-bond acceptors (Lipinski definition) is 4. The molecule has 2 unspecified atom stereocenters. The molecule has 0 spiro atoms. The average Bonchev–Trinajstić information content (AvgIpc) is 2.71. The molecule has 2 rings (SSSR count). The van der Waals surface area contributed by atoms with E-state index >= 15 is 0 Å². The van der Waals surface area contributed by atoms with Crippen LogP contribution in [0, 0.1) is 0 Å². The van der Waals surface area contributed by atoms with Gasteiger partial charge in [-0.2, -0.15) is 0 Å². The zero-order chi connectivity index (χ0) is 12.5. The number of sulfone groups is 1. The summed E-state index contributed by atoms with van der Waals surface area (Å²) < 4.78 is 23.1. The molecule has 2 aliphatic rings. The third kappa shape index (κ3) is 3.01. The van der Waals surface area contributed by atoms with Gasteiger partial charge in [-0.25, -0.2) is 8.42 Å². The smallest absolute Gasteiger partial charge is 0.153 e. The Hall–Kier alpha value is -0.130. The van der Waals surface area contributed by atoms with Crippen LogP contribution in [0.5, 0.6) is 0 Å². The summed E-state index contributed by atoms with van der Waals surface area (Å²) in [5, 5.41) is 3.62. The topological polar surface area (TPSA) is 49.4 Å². The molecule has 2 atom stereocenters. The van der Waals surface area contributed by atoms with Crippen molar-refractivity contribution < 1.29 is 8.42 Å². The molecule has 0 bridgehead atoms. The molecule has 0 aromatic carbocycles. The van der Waals surface area contributed by atoms with E-state index in [0.29, 0.717) is 18.1 Å². The van der Waals surface area contributed by atoms with E-state index in [-0.39, 0.29) is 11.6 Å². The lowest BCUT2D eigenvalue weighted by Crippen LogP contribution is -2.56. The van der Waals surface area contributed by atoms with Crippen molar-refractivity contribution in [3.8, 4) is 0 Å². The standard InChI is InChI=1S/C12H24N2O2S/c1-3-12(5-4-6-13-12)10-14-7-8-17(15,16)9-11(14)2/h11,13H,3-10H2,1-2H3. The van der Waals surface area contributed by atoms with Crippen molar-refractivity contribution in [2.24, 2.45) is 0 Å². The fourth-order valence-electron chi connectivity index (χ4n) is 3.07. The summed E-state index contributed by atoms with van der Waals surface area (Å²) in [5.74, 6) is 0.657. The fraction of sp³-hybridized carbons (Fsp3) is 1.00. The Labute approximate surface area is 105 Å². The quantitative estimate of drug-likeness (QED) is 0.809. The number of rotatable bonds is 3. The van der Waals surface area contributed by atoms with E-state index in [0.717, 1.165) is 19.5 Å². The summed E-state index contributed by atoms with van der Waals surface area (Å²) in [5.41, 5.74) is 0.232. The van der Waals surface area contributed by atoms with Gasteiger partial charge in [0.05, 0.1) is 11.5 Å². The van der Waals surface area contributed by atoms with Crippen LogP contribution in [0.25, 0.3) is 0 Å². The Morgan fingerprint density at radius 2 is 2.24 bits per heavy atom. The molecule has 0 radical (unpaired) electrons. The third-order valence-electron chi connectivity index (χ3n) is 4.32. The monoisotopic (exact) mass is 260 g/mol. The molecule has 0 amide bonds. The number of nitrogens with one attached hydrogen (secondary N) is 1. The molecule has 5 heteroatoms. The molecule has 0 aromatic rings. The van der Waals surface area contributed by atoms with Gasteiger partial charge < -0.3 is 5.32 Å². The van der Waals surface area contributed by atoms with Gasteiger partial charge in [0.1, 0.15) is 0 Å². The maximum absolute atomic E-state index is 11.6. The van der Waals surface area contributed by atoms with E-state index in [1.165, 1.54) is 12.8 Å². The molecule has 2 fully saturated rings. The Balaban J connectivity index is 1.99. The minimum Gasteiger partial charge on any atom is -0.310 e. The van der Waals surface area contributed by atoms with Crippen LogP contribution in [0.2, 0.25) is 0 Å². The first-order chi connectivity index (χ1) is 7.96. The van der Waals surface area contributed by atoms with Crippen molar-refractivity contribution >= 4 is 9.84 Å². The highest BCUT2D eigenvalue weighted by Crippen LogP contribution is 2.26. The molecule has 4 nitrogen and oxygen atoms in total. The molecule has 0 aliphatic carbocycles. The van der Waals surface area contributed by atoms with E-state index in [9.17, 15) is 8.42 Å². The van der Waals surface area contributed by atoms with Gasteiger partial charge in [0.15, 0.2) is 9.84 Å². The first-order valence-corrected chi connectivity index (χ1v) is 8.48. The Bertz CT molecular complexity index is 361. The largest absolute Gasteiger partial charge is 0.310 e. The van der Waals surface area contributed by atoms with E-state index in [2.05, 4.69) is 17.1 Å². The van der Waals surface area contributed by atoms with Gasteiger partial charge in [-0.05, 0) is 32.7 Å². The Morgan fingerprint density at radius 3 is 2.76 bits per heavy atom. The number of hydrogen-bond donors (Lipinski definition) is 1. The predicted molar refractivity (Wildman–Crippen MR) is 69.9 cm³/mol. The number of nitrogens with zero attached hydrogens (tertiary/aromatic N) is 1. The van der Waals surface area contributed by atoms with Gasteiger partial charge >= 0.3 is 0 Å². The molecule has 0 aromatic heterocycles. The normalized spacial score (nSPS) is 38.4. The van der Waals surface area contributed by atoms with Crippen LogP contribution in [-0.4, -0.2) is 56.0 Å². The minimum atomic E-state index is -2.79. The highest BCUT2D eigenvalue weighted by Gasteiger charge is 2.37. The average molecular weight is 260 g/mol. The van der Waals surface area contributed by atoms with Gasteiger partial charge in [0.25, 0.3) is 0 Å². The van der Waals surface area contributed by atoms with Gasteiger partial charge in [0, 0.05) is 24.7 Å². The summed E-state index contributed by atoms with van der Waals surface area (Å²) in [6.07, 6.45) is 3.59. The van der Waals surface area contributed by atoms with Crippen LogP contribution in [0.4, 0.5) is 0 Å². The molecule has 17 heavy (non-hydrogen) atoms. The molecule has 0 saturated carbocycles.